The van der Waals surface area contributed by atoms with E-state index in [9.17, 15) is 5.11 Å². The zero-order chi connectivity index (χ0) is 12.1. The first-order chi connectivity index (χ1) is 8.29. The van der Waals surface area contributed by atoms with Crippen LogP contribution in [0.5, 0.6) is 5.75 Å². The Bertz CT molecular complexity index is 345. The molecule has 17 heavy (non-hydrogen) atoms. The highest BCUT2D eigenvalue weighted by atomic mass is 16.5. The summed E-state index contributed by atoms with van der Waals surface area (Å²) in [5, 5.41) is 10.0. The summed E-state index contributed by atoms with van der Waals surface area (Å²) in [5.74, 6) is 0.766. The molecule has 1 unspecified atom stereocenters. The van der Waals surface area contributed by atoms with Gasteiger partial charge in [0.1, 0.15) is 11.9 Å². The van der Waals surface area contributed by atoms with Crippen molar-refractivity contribution in [3.05, 3.63) is 29.8 Å². The van der Waals surface area contributed by atoms with E-state index in [4.69, 9.17) is 9.47 Å². The van der Waals surface area contributed by atoms with Gasteiger partial charge in [0, 0.05) is 0 Å². The fourth-order valence-corrected chi connectivity index (χ4v) is 2.23. The minimum Gasteiger partial charge on any atom is -0.497 e. The van der Waals surface area contributed by atoms with Gasteiger partial charge in [-0.05, 0) is 30.5 Å². The van der Waals surface area contributed by atoms with Crippen LogP contribution in [0.1, 0.15) is 37.4 Å². The normalized spacial score (nSPS) is 18.2. The minimum atomic E-state index is -0.564. The summed E-state index contributed by atoms with van der Waals surface area (Å²) in [6.45, 7) is 0.373. The number of hydrogen-bond acceptors (Lipinski definition) is 3. The molecule has 0 aliphatic heterocycles. The predicted octanol–water partition coefficient (Wildman–Crippen LogP) is 2.69. The smallest absolute Gasteiger partial charge is 0.119 e. The third kappa shape index (κ3) is 3.45. The van der Waals surface area contributed by atoms with Crippen LogP contribution in [0.4, 0.5) is 0 Å². The van der Waals surface area contributed by atoms with Gasteiger partial charge >= 0.3 is 0 Å². The lowest BCUT2D eigenvalue weighted by Crippen LogP contribution is -2.14. The molecule has 1 aromatic rings. The number of rotatable bonds is 5. The average Bonchev–Trinajstić information content (AvgIpc) is 2.89. The van der Waals surface area contributed by atoms with Crippen LogP contribution >= 0.6 is 0 Å². The fourth-order valence-electron chi connectivity index (χ4n) is 2.23. The molecule has 0 heterocycles. The van der Waals surface area contributed by atoms with Crippen LogP contribution in [0, 0.1) is 0 Å². The molecule has 0 aromatic heterocycles. The topological polar surface area (TPSA) is 38.7 Å². The maximum atomic E-state index is 10.0. The van der Waals surface area contributed by atoms with Gasteiger partial charge in [-0.3, -0.25) is 0 Å². The van der Waals surface area contributed by atoms with Gasteiger partial charge in [0.2, 0.25) is 0 Å². The van der Waals surface area contributed by atoms with Crippen LogP contribution in [-0.2, 0) is 4.74 Å². The molecule has 1 aliphatic rings. The Hall–Kier alpha value is -1.06. The van der Waals surface area contributed by atoms with Gasteiger partial charge in [0.25, 0.3) is 0 Å². The largest absolute Gasteiger partial charge is 0.497 e. The Morgan fingerprint density at radius 1 is 1.35 bits per heavy atom. The Kier molecular flexibility index (Phi) is 4.40. The lowest BCUT2D eigenvalue weighted by atomic mass is 10.1. The van der Waals surface area contributed by atoms with Crippen molar-refractivity contribution < 1.29 is 14.6 Å². The van der Waals surface area contributed by atoms with E-state index >= 15 is 0 Å². The van der Waals surface area contributed by atoms with Crippen molar-refractivity contribution in [2.24, 2.45) is 0 Å². The van der Waals surface area contributed by atoms with Crippen molar-refractivity contribution in [1.29, 1.82) is 0 Å². The number of hydrogen-bond donors (Lipinski definition) is 1. The first kappa shape index (κ1) is 12.4. The average molecular weight is 236 g/mol. The van der Waals surface area contributed by atoms with Gasteiger partial charge in [0.05, 0.1) is 19.8 Å². The molecule has 1 N–H and O–H groups in total. The van der Waals surface area contributed by atoms with Crippen molar-refractivity contribution >= 4 is 0 Å². The third-order valence-corrected chi connectivity index (χ3v) is 3.27. The lowest BCUT2D eigenvalue weighted by Gasteiger charge is -2.16. The Labute approximate surface area is 102 Å². The summed E-state index contributed by atoms with van der Waals surface area (Å²) < 4.78 is 10.8. The van der Waals surface area contributed by atoms with Crippen molar-refractivity contribution in [2.45, 2.75) is 37.9 Å². The quantitative estimate of drug-likeness (QED) is 0.854. The highest BCUT2D eigenvalue weighted by molar-refractivity contribution is 5.29. The summed E-state index contributed by atoms with van der Waals surface area (Å²) in [5.41, 5.74) is 0.849. The first-order valence-corrected chi connectivity index (χ1v) is 6.23. The van der Waals surface area contributed by atoms with Gasteiger partial charge in [-0.25, -0.2) is 0 Å². The summed E-state index contributed by atoms with van der Waals surface area (Å²) >= 11 is 0. The van der Waals surface area contributed by atoms with E-state index in [0.717, 1.165) is 24.2 Å². The summed E-state index contributed by atoms with van der Waals surface area (Å²) in [7, 11) is 1.63. The number of benzene rings is 1. The van der Waals surface area contributed by atoms with Crippen LogP contribution in [0.15, 0.2) is 24.3 Å². The van der Waals surface area contributed by atoms with E-state index in [2.05, 4.69) is 0 Å². The first-order valence-electron chi connectivity index (χ1n) is 6.23. The van der Waals surface area contributed by atoms with E-state index in [0.29, 0.717) is 12.7 Å². The maximum Gasteiger partial charge on any atom is 0.119 e. The highest BCUT2D eigenvalue weighted by Crippen LogP contribution is 2.24. The number of ether oxygens (including phenoxy) is 2. The molecule has 0 spiro atoms. The lowest BCUT2D eigenvalue weighted by molar-refractivity contribution is -0.00704. The molecule has 1 atom stereocenters. The molecule has 0 radical (unpaired) electrons. The minimum absolute atomic E-state index is 0.343. The van der Waals surface area contributed by atoms with E-state index in [-0.39, 0.29) is 0 Å². The summed E-state index contributed by atoms with van der Waals surface area (Å²) in [6.07, 6.45) is 4.54. The molecule has 2 rings (SSSR count). The summed E-state index contributed by atoms with van der Waals surface area (Å²) in [4.78, 5) is 0. The Morgan fingerprint density at radius 2 is 2.12 bits per heavy atom. The van der Waals surface area contributed by atoms with Crippen molar-refractivity contribution in [2.75, 3.05) is 13.7 Å². The Morgan fingerprint density at radius 3 is 2.82 bits per heavy atom. The number of aliphatic hydroxyl groups excluding tert-OH is 1. The summed E-state index contributed by atoms with van der Waals surface area (Å²) in [6, 6.07) is 7.49. The van der Waals surface area contributed by atoms with E-state index in [1.54, 1.807) is 7.11 Å². The second-order valence-corrected chi connectivity index (χ2v) is 4.53. The monoisotopic (exact) mass is 236 g/mol. The molecule has 3 nitrogen and oxygen atoms in total. The van der Waals surface area contributed by atoms with Crippen LogP contribution in [0.25, 0.3) is 0 Å². The fraction of sp³-hybridized carbons (Fsp3) is 0.571. The van der Waals surface area contributed by atoms with E-state index in [1.807, 2.05) is 24.3 Å². The molecular formula is C14H20O3. The van der Waals surface area contributed by atoms with E-state index in [1.165, 1.54) is 12.8 Å². The molecule has 1 fully saturated rings. The molecular weight excluding hydrogens is 216 g/mol. The standard InChI is InChI=1S/C14H20O3/c1-16-13-8-4-5-11(9-13)14(15)10-17-12-6-2-3-7-12/h4-5,8-9,12,14-15H,2-3,6-7,10H2,1H3. The molecule has 1 aliphatic carbocycles. The van der Waals surface area contributed by atoms with Crippen molar-refractivity contribution in [1.82, 2.24) is 0 Å². The number of methoxy groups -OCH3 is 1. The van der Waals surface area contributed by atoms with Gasteiger partial charge in [-0.1, -0.05) is 25.0 Å². The maximum absolute atomic E-state index is 10.0. The van der Waals surface area contributed by atoms with Crippen LogP contribution < -0.4 is 4.74 Å². The van der Waals surface area contributed by atoms with Gasteiger partial charge < -0.3 is 14.6 Å². The second kappa shape index (κ2) is 6.03. The Balaban J connectivity index is 1.87. The zero-order valence-electron chi connectivity index (χ0n) is 10.3. The van der Waals surface area contributed by atoms with Crippen LogP contribution in [0.2, 0.25) is 0 Å². The number of aliphatic hydroxyl groups is 1. The van der Waals surface area contributed by atoms with Crippen LogP contribution in [0.3, 0.4) is 0 Å². The van der Waals surface area contributed by atoms with Crippen molar-refractivity contribution in [3.63, 3.8) is 0 Å². The van der Waals surface area contributed by atoms with Gasteiger partial charge in [0.15, 0.2) is 0 Å². The SMILES string of the molecule is COc1cccc(C(O)COC2CCCC2)c1. The zero-order valence-corrected chi connectivity index (χ0v) is 10.3. The van der Waals surface area contributed by atoms with E-state index < -0.39 is 6.10 Å². The molecule has 0 amide bonds. The second-order valence-electron chi connectivity index (χ2n) is 4.53. The predicted molar refractivity (Wildman–Crippen MR) is 66.2 cm³/mol. The van der Waals surface area contributed by atoms with Crippen LogP contribution in [-0.4, -0.2) is 24.9 Å². The molecule has 1 aromatic carbocycles. The van der Waals surface area contributed by atoms with Gasteiger partial charge in [-0.15, -0.1) is 0 Å². The highest BCUT2D eigenvalue weighted by Gasteiger charge is 2.17. The van der Waals surface area contributed by atoms with Crippen molar-refractivity contribution in [3.8, 4) is 5.75 Å². The van der Waals surface area contributed by atoms with Gasteiger partial charge in [-0.2, -0.15) is 0 Å². The molecule has 94 valence electrons. The molecule has 0 bridgehead atoms. The molecule has 3 heteroatoms. The molecule has 0 saturated heterocycles. The third-order valence-electron chi connectivity index (χ3n) is 3.27. The molecule has 1 saturated carbocycles.